The Balaban J connectivity index is 2.30. The van der Waals surface area contributed by atoms with Crippen molar-refractivity contribution in [2.45, 2.75) is 12.0 Å². The lowest BCUT2D eigenvalue weighted by Gasteiger charge is -2.10. The first-order valence-electron chi connectivity index (χ1n) is 4.67. The van der Waals surface area contributed by atoms with E-state index in [4.69, 9.17) is 0 Å². The van der Waals surface area contributed by atoms with Crippen molar-refractivity contribution >= 4 is 9.84 Å². The summed E-state index contributed by atoms with van der Waals surface area (Å²) in [6.07, 6.45) is 0. The highest BCUT2D eigenvalue weighted by Crippen LogP contribution is 2.26. The second-order valence-corrected chi connectivity index (χ2v) is 6.01. The van der Waals surface area contributed by atoms with Crippen LogP contribution in [0.2, 0.25) is 0 Å². The van der Waals surface area contributed by atoms with Crippen molar-refractivity contribution in [1.82, 2.24) is 0 Å². The van der Waals surface area contributed by atoms with Crippen LogP contribution < -0.4 is 5.73 Å². The van der Waals surface area contributed by atoms with Gasteiger partial charge in [0.1, 0.15) is 11.8 Å². The van der Waals surface area contributed by atoms with Crippen LogP contribution in [0.4, 0.5) is 0 Å². The van der Waals surface area contributed by atoms with Gasteiger partial charge in [-0.25, -0.2) is 8.42 Å². The highest BCUT2D eigenvalue weighted by Gasteiger charge is 2.38. The van der Waals surface area contributed by atoms with Crippen molar-refractivity contribution in [3.05, 3.63) is 35.9 Å². The van der Waals surface area contributed by atoms with E-state index >= 15 is 0 Å². The summed E-state index contributed by atoms with van der Waals surface area (Å²) in [6, 6.07) is 9.76. The molecule has 4 heteroatoms. The maximum atomic E-state index is 11.4. The first-order chi connectivity index (χ1) is 6.58. The Morgan fingerprint density at radius 1 is 1.14 bits per heavy atom. The minimum atomic E-state index is -2.86. The number of hydrogen-bond acceptors (Lipinski definition) is 2. The van der Waals surface area contributed by atoms with Gasteiger partial charge < -0.3 is 5.73 Å². The van der Waals surface area contributed by atoms with Gasteiger partial charge in [-0.05, 0) is 5.56 Å². The van der Waals surface area contributed by atoms with Crippen LogP contribution in [0.1, 0.15) is 11.5 Å². The van der Waals surface area contributed by atoms with E-state index in [0.717, 1.165) is 5.56 Å². The molecule has 1 aliphatic heterocycles. The molecule has 2 atom stereocenters. The van der Waals surface area contributed by atoms with Crippen molar-refractivity contribution in [1.29, 1.82) is 0 Å². The quantitative estimate of drug-likeness (QED) is 0.701. The van der Waals surface area contributed by atoms with Gasteiger partial charge >= 0.3 is 0 Å². The molecule has 0 aliphatic carbocycles. The smallest absolute Gasteiger partial charge is 0.156 e. The summed E-state index contributed by atoms with van der Waals surface area (Å²) in [5, 5.41) is 0. The van der Waals surface area contributed by atoms with Crippen LogP contribution in [-0.4, -0.2) is 26.0 Å². The Labute approximate surface area is 83.9 Å². The first-order valence-corrected chi connectivity index (χ1v) is 6.49. The molecule has 0 unspecified atom stereocenters. The minimum absolute atomic E-state index is 0.00222. The fourth-order valence-electron chi connectivity index (χ4n) is 1.99. The standard InChI is InChI=1S/C10H13NO2S/c11-10-7-14(12,13)6-9(10)8-4-2-1-3-5-8/h1-5,9-10H,6-7,11H2/p+1/t9-,10+/m1/s1. The molecular weight excluding hydrogens is 198 g/mol. The van der Waals surface area contributed by atoms with Crippen molar-refractivity contribution in [3.8, 4) is 0 Å². The highest BCUT2D eigenvalue weighted by atomic mass is 32.2. The van der Waals surface area contributed by atoms with E-state index in [0.29, 0.717) is 0 Å². The SMILES string of the molecule is [NH3+][C@H]1CS(=O)(=O)C[C@@H]1c1ccccc1. The molecule has 1 aliphatic rings. The topological polar surface area (TPSA) is 61.8 Å². The molecule has 76 valence electrons. The largest absolute Gasteiger partial charge is 0.354 e. The van der Waals surface area contributed by atoms with Crippen LogP contribution in [-0.2, 0) is 9.84 Å². The van der Waals surface area contributed by atoms with Crippen LogP contribution in [0.5, 0.6) is 0 Å². The maximum absolute atomic E-state index is 11.4. The Morgan fingerprint density at radius 3 is 2.29 bits per heavy atom. The third-order valence-corrected chi connectivity index (χ3v) is 4.50. The second kappa shape index (κ2) is 3.37. The molecule has 1 saturated heterocycles. The van der Waals surface area contributed by atoms with Crippen molar-refractivity contribution in [2.75, 3.05) is 11.5 Å². The molecule has 1 heterocycles. The number of hydrogen-bond donors (Lipinski definition) is 1. The molecule has 1 aromatic carbocycles. The molecule has 3 N–H and O–H groups in total. The van der Waals surface area contributed by atoms with E-state index in [2.05, 4.69) is 5.73 Å². The summed E-state index contributed by atoms with van der Waals surface area (Å²) >= 11 is 0. The molecule has 1 fully saturated rings. The van der Waals surface area contributed by atoms with Gasteiger partial charge in [-0.2, -0.15) is 0 Å². The molecule has 0 saturated carbocycles. The van der Waals surface area contributed by atoms with Crippen LogP contribution in [0, 0.1) is 0 Å². The van der Waals surface area contributed by atoms with Gasteiger partial charge in [0.2, 0.25) is 0 Å². The van der Waals surface area contributed by atoms with E-state index < -0.39 is 9.84 Å². The fourth-order valence-corrected chi connectivity index (χ4v) is 4.02. The molecule has 0 aromatic heterocycles. The first kappa shape index (κ1) is 9.68. The lowest BCUT2D eigenvalue weighted by Crippen LogP contribution is -2.63. The van der Waals surface area contributed by atoms with Gasteiger partial charge in [0.05, 0.1) is 11.7 Å². The minimum Gasteiger partial charge on any atom is -0.354 e. The summed E-state index contributed by atoms with van der Waals surface area (Å²) in [7, 11) is -2.86. The number of quaternary nitrogens is 1. The van der Waals surface area contributed by atoms with Crippen LogP contribution in [0.25, 0.3) is 0 Å². The molecule has 0 radical (unpaired) electrons. The van der Waals surface area contributed by atoms with Crippen LogP contribution in [0.15, 0.2) is 30.3 Å². The molecule has 0 spiro atoms. The molecule has 1 aromatic rings. The van der Waals surface area contributed by atoms with E-state index in [-0.39, 0.29) is 23.5 Å². The Hall–Kier alpha value is -0.870. The predicted octanol–water partition coefficient (Wildman–Crippen LogP) is -0.191. The van der Waals surface area contributed by atoms with Crippen molar-refractivity contribution in [3.63, 3.8) is 0 Å². The van der Waals surface area contributed by atoms with Gasteiger partial charge in [-0.3, -0.25) is 0 Å². The van der Waals surface area contributed by atoms with Crippen molar-refractivity contribution in [2.24, 2.45) is 0 Å². The van der Waals surface area contributed by atoms with E-state index in [1.54, 1.807) is 0 Å². The Kier molecular flexibility index (Phi) is 2.33. The average Bonchev–Trinajstić information content (AvgIpc) is 2.41. The third kappa shape index (κ3) is 1.81. The summed E-state index contributed by atoms with van der Waals surface area (Å²) in [5.41, 5.74) is 5.00. The Bertz CT molecular complexity index is 413. The summed E-state index contributed by atoms with van der Waals surface area (Å²) in [4.78, 5) is 0. The zero-order valence-corrected chi connectivity index (χ0v) is 8.70. The zero-order chi connectivity index (χ0) is 10.2. The molecule has 0 amide bonds. The van der Waals surface area contributed by atoms with Crippen LogP contribution >= 0.6 is 0 Å². The summed E-state index contributed by atoms with van der Waals surface area (Å²) in [6.45, 7) is 0. The summed E-state index contributed by atoms with van der Waals surface area (Å²) < 4.78 is 22.8. The van der Waals surface area contributed by atoms with E-state index in [1.165, 1.54) is 0 Å². The average molecular weight is 212 g/mol. The van der Waals surface area contributed by atoms with Gasteiger partial charge in [0.15, 0.2) is 9.84 Å². The second-order valence-electron chi connectivity index (χ2n) is 3.85. The normalized spacial score (nSPS) is 30.4. The lowest BCUT2D eigenvalue weighted by molar-refractivity contribution is -0.415. The summed E-state index contributed by atoms with van der Waals surface area (Å²) in [5.74, 6) is 0.568. The highest BCUT2D eigenvalue weighted by molar-refractivity contribution is 7.91. The lowest BCUT2D eigenvalue weighted by atomic mass is 9.95. The number of rotatable bonds is 1. The molecular formula is C10H14NO2S+. The van der Waals surface area contributed by atoms with Gasteiger partial charge in [0.25, 0.3) is 0 Å². The van der Waals surface area contributed by atoms with E-state index in [1.807, 2.05) is 30.3 Å². The molecule has 0 bridgehead atoms. The van der Waals surface area contributed by atoms with Crippen LogP contribution in [0.3, 0.4) is 0 Å². The predicted molar refractivity (Wildman–Crippen MR) is 54.5 cm³/mol. The molecule has 14 heavy (non-hydrogen) atoms. The molecule has 2 rings (SSSR count). The third-order valence-electron chi connectivity index (χ3n) is 2.70. The van der Waals surface area contributed by atoms with Gasteiger partial charge in [0, 0.05) is 0 Å². The van der Waals surface area contributed by atoms with Gasteiger partial charge in [-0.1, -0.05) is 30.3 Å². The maximum Gasteiger partial charge on any atom is 0.156 e. The number of sulfone groups is 1. The fraction of sp³-hybridized carbons (Fsp3) is 0.400. The van der Waals surface area contributed by atoms with Crippen molar-refractivity contribution < 1.29 is 14.2 Å². The monoisotopic (exact) mass is 212 g/mol. The zero-order valence-electron chi connectivity index (χ0n) is 7.89. The van der Waals surface area contributed by atoms with Gasteiger partial charge in [-0.15, -0.1) is 0 Å². The Morgan fingerprint density at radius 2 is 1.79 bits per heavy atom. The number of benzene rings is 1. The van der Waals surface area contributed by atoms with E-state index in [9.17, 15) is 8.42 Å². The molecule has 3 nitrogen and oxygen atoms in total.